The van der Waals surface area contributed by atoms with Crippen LogP contribution in [0.2, 0.25) is 0 Å². The first-order valence-electron chi connectivity index (χ1n) is 9.59. The van der Waals surface area contributed by atoms with E-state index in [1.54, 1.807) is 6.92 Å². The van der Waals surface area contributed by atoms with Gasteiger partial charge in [-0.2, -0.15) is 0 Å². The van der Waals surface area contributed by atoms with Crippen LogP contribution >= 0.6 is 0 Å². The van der Waals surface area contributed by atoms with Gasteiger partial charge >= 0.3 is 5.97 Å². The predicted molar refractivity (Wildman–Crippen MR) is 102 cm³/mol. The van der Waals surface area contributed by atoms with E-state index in [0.717, 1.165) is 5.57 Å². The molecule has 4 aliphatic rings. The molecule has 0 aromatic heterocycles. The van der Waals surface area contributed by atoms with Crippen molar-refractivity contribution in [1.82, 2.24) is 0 Å². The van der Waals surface area contributed by atoms with E-state index in [4.69, 9.17) is 9.84 Å². The molecule has 26 heavy (non-hydrogen) atoms. The molecular weight excluding hydrogens is 324 g/mol. The molecule has 3 aliphatic carbocycles. The molecule has 1 aliphatic heterocycles. The van der Waals surface area contributed by atoms with Gasteiger partial charge < -0.3 is 9.84 Å². The molecule has 1 saturated carbocycles. The maximum Gasteiger partial charge on any atom is 0.328 e. The highest BCUT2D eigenvalue weighted by molar-refractivity contribution is 5.81. The number of allylic oxidation sites excluding steroid dienone is 2. The van der Waals surface area contributed by atoms with E-state index >= 15 is 0 Å². The molecule has 0 spiro atoms. The van der Waals surface area contributed by atoms with Gasteiger partial charge in [0.25, 0.3) is 0 Å². The molecule has 1 N–H and O–H groups in total. The van der Waals surface area contributed by atoms with Crippen LogP contribution < -0.4 is 0 Å². The largest absolute Gasteiger partial charge is 0.478 e. The second-order valence-corrected chi connectivity index (χ2v) is 9.11. The van der Waals surface area contributed by atoms with Crippen LogP contribution in [0.3, 0.4) is 0 Å². The highest BCUT2D eigenvalue weighted by Crippen LogP contribution is 2.57. The monoisotopic (exact) mass is 352 g/mol. The van der Waals surface area contributed by atoms with E-state index < -0.39 is 5.97 Å². The Morgan fingerprint density at radius 3 is 2.35 bits per heavy atom. The van der Waals surface area contributed by atoms with E-state index in [1.165, 1.54) is 48.4 Å². The minimum Gasteiger partial charge on any atom is -0.478 e. The van der Waals surface area contributed by atoms with Crippen molar-refractivity contribution in [3.63, 3.8) is 0 Å². The molecule has 3 heteroatoms. The van der Waals surface area contributed by atoms with Crippen LogP contribution in [0.1, 0.15) is 70.1 Å². The lowest BCUT2D eigenvalue weighted by Gasteiger charge is -2.52. The Morgan fingerprint density at radius 1 is 1.12 bits per heavy atom. The number of hydrogen-bond acceptors (Lipinski definition) is 2. The minimum atomic E-state index is -0.918. The van der Waals surface area contributed by atoms with Gasteiger partial charge in [0.1, 0.15) is 11.7 Å². The number of carbonyl (C=O) groups is 1. The fraction of sp³-hybridized carbons (Fsp3) is 0.522. The first kappa shape index (κ1) is 17.5. The van der Waals surface area contributed by atoms with Gasteiger partial charge in [-0.05, 0) is 72.6 Å². The number of aliphatic carboxylic acids is 1. The maximum atomic E-state index is 10.7. The van der Waals surface area contributed by atoms with Crippen molar-refractivity contribution in [2.24, 2.45) is 0 Å². The molecule has 1 aromatic rings. The topological polar surface area (TPSA) is 49.8 Å². The zero-order chi connectivity index (χ0) is 18.7. The molecule has 1 aromatic carbocycles. The zero-order valence-corrected chi connectivity index (χ0v) is 16.1. The summed E-state index contributed by atoms with van der Waals surface area (Å²) in [5, 5.41) is 8.81. The Bertz CT molecular complexity index is 824. The lowest BCUT2D eigenvalue weighted by atomic mass is 9.52. The minimum absolute atomic E-state index is 0.00173. The predicted octanol–water partition coefficient (Wildman–Crippen LogP) is 4.99. The van der Waals surface area contributed by atoms with Crippen LogP contribution in [-0.2, 0) is 26.0 Å². The fourth-order valence-electron chi connectivity index (χ4n) is 4.94. The van der Waals surface area contributed by atoms with Crippen LogP contribution in [-0.4, -0.2) is 17.2 Å². The number of fused-ring (bicyclic) bond motifs is 2. The van der Waals surface area contributed by atoms with Crippen LogP contribution in [0.5, 0.6) is 0 Å². The zero-order valence-electron chi connectivity index (χ0n) is 16.1. The molecule has 3 nitrogen and oxygen atoms in total. The average Bonchev–Trinajstić information content (AvgIpc) is 3.26. The van der Waals surface area contributed by atoms with E-state index in [0.29, 0.717) is 10.8 Å². The molecule has 2 fully saturated rings. The fourth-order valence-corrected chi connectivity index (χ4v) is 4.94. The van der Waals surface area contributed by atoms with E-state index in [2.05, 4.69) is 39.0 Å². The number of carboxylic acids is 1. The van der Waals surface area contributed by atoms with Gasteiger partial charge in [0.15, 0.2) is 0 Å². The molecule has 2 atom stereocenters. The van der Waals surface area contributed by atoms with Crippen molar-refractivity contribution in [2.45, 2.75) is 75.9 Å². The first-order valence-corrected chi connectivity index (χ1v) is 9.59. The third kappa shape index (κ3) is 2.64. The Balaban J connectivity index is 1.61. The van der Waals surface area contributed by atoms with Crippen molar-refractivity contribution in [3.8, 4) is 0 Å². The molecular formula is C23H28O3. The number of hydrogen-bond donors (Lipinski definition) is 1. The second-order valence-electron chi connectivity index (χ2n) is 9.11. The number of benzene rings is 1. The lowest BCUT2D eigenvalue weighted by Crippen LogP contribution is -2.44. The third-order valence-corrected chi connectivity index (χ3v) is 7.09. The van der Waals surface area contributed by atoms with Crippen molar-refractivity contribution in [1.29, 1.82) is 0 Å². The first-order chi connectivity index (χ1) is 12.2. The van der Waals surface area contributed by atoms with Gasteiger partial charge in [0, 0.05) is 6.08 Å². The highest BCUT2D eigenvalue weighted by Gasteiger charge is 2.54. The Morgan fingerprint density at radius 2 is 1.73 bits per heavy atom. The van der Waals surface area contributed by atoms with Crippen molar-refractivity contribution < 1.29 is 14.6 Å². The van der Waals surface area contributed by atoms with Crippen LogP contribution in [0.25, 0.3) is 0 Å². The number of rotatable bonds is 4. The third-order valence-electron chi connectivity index (χ3n) is 7.09. The molecule has 1 unspecified atom stereocenters. The van der Waals surface area contributed by atoms with Gasteiger partial charge in [0.2, 0.25) is 0 Å². The number of ether oxygens (including phenoxy) is 1. The second kappa shape index (κ2) is 5.56. The molecule has 0 amide bonds. The maximum absolute atomic E-state index is 10.7. The molecule has 2 bridgehead atoms. The molecule has 1 heterocycles. The van der Waals surface area contributed by atoms with Gasteiger partial charge in [-0.1, -0.05) is 44.2 Å². The number of carboxylic acid groups (broad SMARTS) is 1. The number of epoxide rings is 1. The van der Waals surface area contributed by atoms with Gasteiger partial charge in [-0.25, -0.2) is 4.79 Å². The van der Waals surface area contributed by atoms with E-state index in [9.17, 15) is 4.79 Å². The summed E-state index contributed by atoms with van der Waals surface area (Å²) in [7, 11) is 0. The molecule has 138 valence electrons. The Hall–Kier alpha value is -1.87. The molecule has 0 radical (unpaired) electrons. The van der Waals surface area contributed by atoms with E-state index in [1.807, 2.05) is 12.2 Å². The van der Waals surface area contributed by atoms with Crippen LogP contribution in [0.4, 0.5) is 0 Å². The lowest BCUT2D eigenvalue weighted by molar-refractivity contribution is -0.131. The summed E-state index contributed by atoms with van der Waals surface area (Å²) in [6.45, 7) is 8.76. The van der Waals surface area contributed by atoms with Gasteiger partial charge in [-0.3, -0.25) is 0 Å². The summed E-state index contributed by atoms with van der Waals surface area (Å²) in [4.78, 5) is 10.7. The Kier molecular flexibility index (Phi) is 3.75. The SMILES string of the molecule is CC(/C=C/C1O[C@]1(C)c1ccc2c(c1)C1(C)CCC2(C)CC1)=C\C(=O)O. The standard InChI is InChI=1S/C23H28O3/c1-15(13-20(24)25)5-8-19-23(4,26-19)16-6-7-17-18(14-16)22(3)11-9-21(17,2)10-12-22/h5-8,13-14,19H,9-12H2,1-4H3,(H,24,25)/b8-5+,15-13+/t19?,21?,22?,23-/m1/s1. The normalized spacial score (nSPS) is 38.5. The summed E-state index contributed by atoms with van der Waals surface area (Å²) in [5.41, 5.74) is 5.37. The summed E-state index contributed by atoms with van der Waals surface area (Å²) in [6.07, 6.45) is 10.2. The van der Waals surface area contributed by atoms with Gasteiger partial charge in [-0.15, -0.1) is 0 Å². The molecule has 1 saturated heterocycles. The van der Waals surface area contributed by atoms with Crippen molar-refractivity contribution in [3.05, 3.63) is 58.7 Å². The van der Waals surface area contributed by atoms with Crippen molar-refractivity contribution >= 4 is 5.97 Å². The van der Waals surface area contributed by atoms with E-state index in [-0.39, 0.29) is 11.7 Å². The summed E-state index contributed by atoms with van der Waals surface area (Å²) in [6, 6.07) is 6.96. The summed E-state index contributed by atoms with van der Waals surface area (Å²) >= 11 is 0. The van der Waals surface area contributed by atoms with Gasteiger partial charge in [0.05, 0.1) is 0 Å². The summed E-state index contributed by atoms with van der Waals surface area (Å²) < 4.78 is 6.01. The Labute approximate surface area is 155 Å². The smallest absolute Gasteiger partial charge is 0.328 e. The highest BCUT2D eigenvalue weighted by atomic mass is 16.6. The molecule has 5 rings (SSSR count). The van der Waals surface area contributed by atoms with Crippen molar-refractivity contribution in [2.75, 3.05) is 0 Å². The van der Waals surface area contributed by atoms with Crippen LogP contribution in [0.15, 0.2) is 42.0 Å². The average molecular weight is 352 g/mol. The van der Waals surface area contributed by atoms with Crippen LogP contribution in [0, 0.1) is 0 Å². The quantitative estimate of drug-likeness (QED) is 0.472. The summed E-state index contributed by atoms with van der Waals surface area (Å²) in [5.74, 6) is -0.918.